The lowest BCUT2D eigenvalue weighted by Crippen LogP contribution is -2.34. The van der Waals surface area contributed by atoms with Crippen LogP contribution < -0.4 is 15.5 Å². The van der Waals surface area contributed by atoms with Gasteiger partial charge in [0.15, 0.2) is 0 Å². The molecule has 0 saturated heterocycles. The van der Waals surface area contributed by atoms with E-state index in [0.29, 0.717) is 15.6 Å². The number of carbonyl (C=O) groups excluding carboxylic acids is 3. The van der Waals surface area contributed by atoms with E-state index < -0.39 is 45.5 Å². The van der Waals surface area contributed by atoms with Crippen molar-refractivity contribution in [2.75, 3.05) is 22.6 Å². The van der Waals surface area contributed by atoms with E-state index in [1.54, 1.807) is 39.0 Å². The summed E-state index contributed by atoms with van der Waals surface area (Å²) in [5.41, 5.74) is 0.191. The van der Waals surface area contributed by atoms with Gasteiger partial charge in [0.25, 0.3) is 5.91 Å². The smallest absolute Gasteiger partial charge is 0.414 e. The predicted octanol–water partition coefficient (Wildman–Crippen LogP) is 8.94. The number of ether oxygens (including phenoxy) is 1. The molecule has 0 radical (unpaired) electrons. The molecule has 2 atom stereocenters. The van der Waals surface area contributed by atoms with Gasteiger partial charge in [-0.15, -0.1) is 23.2 Å². The fourth-order valence-corrected chi connectivity index (χ4v) is 5.87. The molecule has 3 aromatic rings. The van der Waals surface area contributed by atoms with Crippen molar-refractivity contribution in [1.29, 1.82) is 0 Å². The van der Waals surface area contributed by atoms with Gasteiger partial charge in [0.05, 0.1) is 22.2 Å². The number of hydrogen-bond donors (Lipinski definition) is 2. The third-order valence-corrected chi connectivity index (χ3v) is 8.00. The predicted molar refractivity (Wildman–Crippen MR) is 166 cm³/mol. The van der Waals surface area contributed by atoms with Gasteiger partial charge in [0.2, 0.25) is 5.91 Å². The first-order valence-electron chi connectivity index (χ1n) is 12.5. The van der Waals surface area contributed by atoms with Crippen molar-refractivity contribution in [3.63, 3.8) is 0 Å². The van der Waals surface area contributed by atoms with Crippen molar-refractivity contribution in [3.8, 4) is 0 Å². The van der Waals surface area contributed by atoms with Crippen LogP contribution in [0.1, 0.15) is 42.6 Å². The molecule has 3 aromatic carbocycles. The van der Waals surface area contributed by atoms with Crippen molar-refractivity contribution in [2.24, 2.45) is 5.92 Å². The Labute approximate surface area is 267 Å². The maximum absolute atomic E-state index is 14.6. The number of alkyl halides is 2. The minimum Gasteiger partial charge on any atom is -0.443 e. The second-order valence-electron chi connectivity index (χ2n) is 10.7. The van der Waals surface area contributed by atoms with Crippen LogP contribution in [0.5, 0.6) is 0 Å². The molecule has 0 aliphatic heterocycles. The van der Waals surface area contributed by atoms with Crippen LogP contribution in [0.25, 0.3) is 0 Å². The maximum Gasteiger partial charge on any atom is 0.414 e. The van der Waals surface area contributed by atoms with Gasteiger partial charge in [-0.2, -0.15) is 0 Å². The Hall–Kier alpha value is -2.75. The summed E-state index contributed by atoms with van der Waals surface area (Å²) in [5.74, 6) is -3.20. The van der Waals surface area contributed by atoms with E-state index in [0.717, 1.165) is 11.0 Å². The highest BCUT2D eigenvalue weighted by Crippen LogP contribution is 2.65. The topological polar surface area (TPSA) is 87.7 Å². The van der Waals surface area contributed by atoms with E-state index in [4.69, 9.17) is 62.7 Å². The molecule has 42 heavy (non-hydrogen) atoms. The number of benzene rings is 3. The molecule has 1 fully saturated rings. The van der Waals surface area contributed by atoms with Crippen LogP contribution in [-0.2, 0) is 9.53 Å². The molecular formula is C29H25Cl5FN3O4. The van der Waals surface area contributed by atoms with E-state index in [9.17, 15) is 18.8 Å². The average molecular weight is 676 g/mol. The first kappa shape index (κ1) is 32.2. The average Bonchev–Trinajstić information content (AvgIpc) is 3.46. The Morgan fingerprint density at radius 3 is 2.12 bits per heavy atom. The van der Waals surface area contributed by atoms with Gasteiger partial charge in [-0.1, -0.05) is 34.8 Å². The lowest BCUT2D eigenvalue weighted by molar-refractivity contribution is -0.117. The molecule has 222 valence electrons. The molecule has 0 heterocycles. The van der Waals surface area contributed by atoms with Gasteiger partial charge >= 0.3 is 6.09 Å². The highest BCUT2D eigenvalue weighted by Gasteiger charge is 2.67. The zero-order chi connectivity index (χ0) is 31.1. The molecule has 1 aliphatic carbocycles. The lowest BCUT2D eigenvalue weighted by atomic mass is 10.1. The van der Waals surface area contributed by atoms with Crippen molar-refractivity contribution in [3.05, 3.63) is 86.6 Å². The minimum atomic E-state index is -1.39. The van der Waals surface area contributed by atoms with Crippen LogP contribution in [0.4, 0.5) is 26.2 Å². The molecule has 0 spiro atoms. The summed E-state index contributed by atoms with van der Waals surface area (Å²) < 4.78 is 18.5. The molecule has 13 heteroatoms. The number of carbonyl (C=O) groups is 3. The van der Waals surface area contributed by atoms with E-state index in [-0.39, 0.29) is 27.6 Å². The van der Waals surface area contributed by atoms with Gasteiger partial charge in [-0.05, 0) is 80.9 Å². The quantitative estimate of drug-likeness (QED) is 0.256. The number of amides is 3. The third kappa shape index (κ3) is 7.24. The second kappa shape index (κ2) is 12.1. The molecule has 1 saturated carbocycles. The van der Waals surface area contributed by atoms with Gasteiger partial charge in [-0.3, -0.25) is 14.5 Å². The summed E-state index contributed by atoms with van der Waals surface area (Å²) in [5, 5.41) is 6.20. The van der Waals surface area contributed by atoms with Crippen LogP contribution >= 0.6 is 58.0 Å². The molecule has 3 amide bonds. The number of hydrogen-bond acceptors (Lipinski definition) is 4. The largest absolute Gasteiger partial charge is 0.443 e. The molecule has 4 rings (SSSR count). The maximum atomic E-state index is 14.6. The summed E-state index contributed by atoms with van der Waals surface area (Å²) >= 11 is 31.4. The van der Waals surface area contributed by atoms with Crippen molar-refractivity contribution >= 4 is 93.0 Å². The van der Waals surface area contributed by atoms with E-state index >= 15 is 0 Å². The van der Waals surface area contributed by atoms with Crippen molar-refractivity contribution in [1.82, 2.24) is 0 Å². The Kier molecular flexibility index (Phi) is 9.26. The molecule has 1 aliphatic rings. The summed E-state index contributed by atoms with van der Waals surface area (Å²) in [4.78, 5) is 39.7. The summed E-state index contributed by atoms with van der Waals surface area (Å²) in [7, 11) is 1.35. The Balaban J connectivity index is 1.49. The normalized spacial score (nSPS) is 17.3. The van der Waals surface area contributed by atoms with Gasteiger partial charge < -0.3 is 15.4 Å². The number of nitrogens with zero attached hydrogens (tertiary/aromatic N) is 1. The van der Waals surface area contributed by atoms with E-state index in [1.807, 2.05) is 0 Å². The molecular weight excluding hydrogens is 651 g/mol. The first-order chi connectivity index (χ1) is 19.5. The zero-order valence-electron chi connectivity index (χ0n) is 22.7. The highest BCUT2D eigenvalue weighted by atomic mass is 35.5. The first-order valence-corrected chi connectivity index (χ1v) is 14.4. The van der Waals surface area contributed by atoms with E-state index in [1.165, 1.54) is 37.4 Å². The minimum absolute atomic E-state index is 0.0258. The zero-order valence-corrected chi connectivity index (χ0v) is 26.5. The molecule has 0 bridgehead atoms. The fraction of sp³-hybridized carbons (Fsp3) is 0.276. The van der Waals surface area contributed by atoms with Crippen LogP contribution in [0, 0.1) is 11.7 Å². The third-order valence-electron chi connectivity index (χ3n) is 6.29. The summed E-state index contributed by atoms with van der Waals surface area (Å²) in [6.45, 7) is 5.06. The highest BCUT2D eigenvalue weighted by molar-refractivity contribution is 6.53. The van der Waals surface area contributed by atoms with Crippen LogP contribution in [0.2, 0.25) is 15.1 Å². The van der Waals surface area contributed by atoms with Crippen LogP contribution in [-0.4, -0.2) is 34.9 Å². The monoisotopic (exact) mass is 673 g/mol. The summed E-state index contributed by atoms with van der Waals surface area (Å²) in [6.07, 6.45) is -0.773. The molecule has 2 N–H and O–H groups in total. The number of halogens is 6. The number of anilines is 3. The second-order valence-corrected chi connectivity index (χ2v) is 13.4. The Morgan fingerprint density at radius 2 is 1.50 bits per heavy atom. The fourth-order valence-electron chi connectivity index (χ4n) is 4.29. The molecule has 0 unspecified atom stereocenters. The van der Waals surface area contributed by atoms with Gasteiger partial charge in [-0.25, -0.2) is 9.18 Å². The Bertz CT molecular complexity index is 1560. The number of nitrogens with one attached hydrogen (secondary N) is 2. The standard InChI is InChI=1S/C29H25Cl5FN3O4/c1-28(2,3)42-27(41)38(4)22-13-18(6-8-21(22)35)36-25(39)19-12-17(5-7-20(19)32)37-26(40)24-23(29(24,33)34)14-9-15(30)11-16(31)10-14/h5-13,23-24H,1-4H3,(H,36,39)(H,37,40)/t23-,24+/m0/s1. The van der Waals surface area contributed by atoms with Gasteiger partial charge in [0, 0.05) is 34.4 Å². The lowest BCUT2D eigenvalue weighted by Gasteiger charge is -2.25. The van der Waals surface area contributed by atoms with Crippen molar-refractivity contribution in [2.45, 2.75) is 36.6 Å². The SMILES string of the molecule is CN(C(=O)OC(C)(C)C)c1cc(NC(=O)c2cc(NC(=O)[C@H]3[C@H](c4cc(Cl)cc(Cl)c4)C3(Cl)Cl)ccc2Cl)ccc1F. The van der Waals surface area contributed by atoms with Crippen molar-refractivity contribution < 1.29 is 23.5 Å². The van der Waals surface area contributed by atoms with E-state index in [2.05, 4.69) is 10.6 Å². The molecule has 7 nitrogen and oxygen atoms in total. The van der Waals surface area contributed by atoms with Crippen LogP contribution in [0.3, 0.4) is 0 Å². The van der Waals surface area contributed by atoms with Gasteiger partial charge in [0.1, 0.15) is 15.8 Å². The Morgan fingerprint density at radius 1 is 0.905 bits per heavy atom. The summed E-state index contributed by atoms with van der Waals surface area (Å²) in [6, 6.07) is 12.9. The number of rotatable bonds is 6. The molecule has 0 aromatic heterocycles. The van der Waals surface area contributed by atoms with Crippen LogP contribution in [0.15, 0.2) is 54.6 Å².